The SMILES string of the molecule is Cc1nc(-c2cccc(-c3nc(C)c(-c4ccccc4)o3)n2)oc1-c1ccccc1. The van der Waals surface area contributed by atoms with Gasteiger partial charge in [-0.2, -0.15) is 0 Å². The molecule has 3 heterocycles. The van der Waals surface area contributed by atoms with Gasteiger partial charge in [-0.05, 0) is 26.0 Å². The smallest absolute Gasteiger partial charge is 0.245 e. The lowest BCUT2D eigenvalue weighted by atomic mass is 10.1. The highest BCUT2D eigenvalue weighted by Gasteiger charge is 2.17. The van der Waals surface area contributed by atoms with E-state index in [0.717, 1.165) is 34.0 Å². The van der Waals surface area contributed by atoms with E-state index >= 15 is 0 Å². The maximum absolute atomic E-state index is 6.05. The lowest BCUT2D eigenvalue weighted by Crippen LogP contribution is -1.88. The summed E-state index contributed by atoms with van der Waals surface area (Å²) >= 11 is 0. The average molecular weight is 393 g/mol. The van der Waals surface area contributed by atoms with Crippen LogP contribution < -0.4 is 0 Å². The van der Waals surface area contributed by atoms with Gasteiger partial charge in [-0.25, -0.2) is 15.0 Å². The Labute approximate surface area is 174 Å². The molecule has 30 heavy (non-hydrogen) atoms. The van der Waals surface area contributed by atoms with Gasteiger partial charge in [-0.15, -0.1) is 0 Å². The molecule has 0 spiro atoms. The molecule has 0 aliphatic carbocycles. The van der Waals surface area contributed by atoms with Crippen molar-refractivity contribution in [2.75, 3.05) is 0 Å². The summed E-state index contributed by atoms with van der Waals surface area (Å²) in [4.78, 5) is 13.9. The first-order valence-electron chi connectivity index (χ1n) is 9.72. The number of hydrogen-bond donors (Lipinski definition) is 0. The molecule has 0 aliphatic heterocycles. The Morgan fingerprint density at radius 2 is 0.933 bits per heavy atom. The van der Waals surface area contributed by atoms with Crippen LogP contribution in [0.15, 0.2) is 87.7 Å². The molecule has 2 aromatic carbocycles. The molecule has 5 heteroatoms. The number of oxazole rings is 2. The Morgan fingerprint density at radius 1 is 0.500 bits per heavy atom. The lowest BCUT2D eigenvalue weighted by Gasteiger charge is -1.99. The normalized spacial score (nSPS) is 11.0. The average Bonchev–Trinajstić information content (AvgIpc) is 3.38. The summed E-state index contributed by atoms with van der Waals surface area (Å²) in [5, 5.41) is 0. The summed E-state index contributed by atoms with van der Waals surface area (Å²) in [5.41, 5.74) is 4.88. The van der Waals surface area contributed by atoms with Crippen LogP contribution in [0.2, 0.25) is 0 Å². The Kier molecular flexibility index (Phi) is 4.48. The van der Waals surface area contributed by atoms with Crippen LogP contribution in [0.3, 0.4) is 0 Å². The summed E-state index contributed by atoms with van der Waals surface area (Å²) in [5.74, 6) is 2.44. The summed E-state index contributed by atoms with van der Waals surface area (Å²) in [7, 11) is 0. The zero-order valence-corrected chi connectivity index (χ0v) is 16.7. The summed E-state index contributed by atoms with van der Waals surface area (Å²) in [6.45, 7) is 3.87. The van der Waals surface area contributed by atoms with Gasteiger partial charge in [0.05, 0.1) is 11.4 Å². The van der Waals surface area contributed by atoms with Crippen LogP contribution in [-0.4, -0.2) is 15.0 Å². The van der Waals surface area contributed by atoms with Gasteiger partial charge < -0.3 is 8.83 Å². The van der Waals surface area contributed by atoms with E-state index in [1.54, 1.807) is 0 Å². The quantitative estimate of drug-likeness (QED) is 0.356. The van der Waals surface area contributed by atoms with Crippen molar-refractivity contribution in [2.24, 2.45) is 0 Å². The standard InChI is InChI=1S/C25H19N3O2/c1-16-22(18-10-5-3-6-11-18)29-24(26-16)20-14-9-15-21(28-20)25-27-17(2)23(30-25)19-12-7-4-8-13-19/h3-15H,1-2H3. The maximum Gasteiger partial charge on any atom is 0.245 e. The number of aromatic nitrogens is 3. The lowest BCUT2D eigenvalue weighted by molar-refractivity contribution is 0.581. The maximum atomic E-state index is 6.05. The third kappa shape index (κ3) is 3.31. The molecule has 0 atom stereocenters. The van der Waals surface area contributed by atoms with Crippen molar-refractivity contribution >= 4 is 0 Å². The summed E-state index contributed by atoms with van der Waals surface area (Å²) in [6.07, 6.45) is 0. The first kappa shape index (κ1) is 18.1. The van der Waals surface area contributed by atoms with E-state index < -0.39 is 0 Å². The van der Waals surface area contributed by atoms with Gasteiger partial charge in [0.1, 0.15) is 11.4 Å². The van der Waals surface area contributed by atoms with Crippen LogP contribution in [0, 0.1) is 13.8 Å². The molecule has 0 unspecified atom stereocenters. The van der Waals surface area contributed by atoms with Crippen molar-refractivity contribution in [2.45, 2.75) is 13.8 Å². The fraction of sp³-hybridized carbons (Fsp3) is 0.0800. The van der Waals surface area contributed by atoms with Crippen molar-refractivity contribution in [1.82, 2.24) is 15.0 Å². The highest BCUT2D eigenvalue weighted by atomic mass is 16.4. The highest BCUT2D eigenvalue weighted by molar-refractivity contribution is 5.65. The van der Waals surface area contributed by atoms with E-state index in [9.17, 15) is 0 Å². The van der Waals surface area contributed by atoms with E-state index in [4.69, 9.17) is 13.8 Å². The van der Waals surface area contributed by atoms with Crippen LogP contribution in [-0.2, 0) is 0 Å². The third-order valence-electron chi connectivity index (χ3n) is 4.85. The largest absolute Gasteiger partial charge is 0.434 e. The predicted molar refractivity (Wildman–Crippen MR) is 116 cm³/mol. The second-order valence-electron chi connectivity index (χ2n) is 7.01. The molecule has 0 saturated carbocycles. The van der Waals surface area contributed by atoms with Crippen molar-refractivity contribution in [1.29, 1.82) is 0 Å². The van der Waals surface area contributed by atoms with Crippen molar-refractivity contribution in [3.63, 3.8) is 0 Å². The van der Waals surface area contributed by atoms with Crippen LogP contribution in [0.5, 0.6) is 0 Å². The number of pyridine rings is 1. The number of benzene rings is 2. The Balaban J connectivity index is 1.52. The van der Waals surface area contributed by atoms with E-state index in [-0.39, 0.29) is 0 Å². The second-order valence-corrected chi connectivity index (χ2v) is 7.01. The predicted octanol–water partition coefficient (Wildman–Crippen LogP) is 6.34. The summed E-state index contributed by atoms with van der Waals surface area (Å²) < 4.78 is 12.1. The highest BCUT2D eigenvalue weighted by Crippen LogP contribution is 2.31. The minimum atomic E-state index is 0.472. The first-order chi connectivity index (χ1) is 14.7. The molecule has 146 valence electrons. The van der Waals surface area contributed by atoms with Gasteiger partial charge in [-0.1, -0.05) is 66.7 Å². The molecule has 0 radical (unpaired) electrons. The van der Waals surface area contributed by atoms with Crippen molar-refractivity contribution in [3.8, 4) is 45.8 Å². The molecule has 3 aromatic heterocycles. The van der Waals surface area contributed by atoms with Crippen molar-refractivity contribution in [3.05, 3.63) is 90.3 Å². The molecule has 0 saturated heterocycles. The Bertz CT molecular complexity index is 1210. The molecule has 5 nitrogen and oxygen atoms in total. The fourth-order valence-corrected chi connectivity index (χ4v) is 3.40. The Hall–Kier alpha value is -3.99. The van der Waals surface area contributed by atoms with Crippen LogP contribution >= 0.6 is 0 Å². The van der Waals surface area contributed by atoms with E-state index in [2.05, 4.69) is 9.97 Å². The summed E-state index contributed by atoms with van der Waals surface area (Å²) in [6, 6.07) is 25.5. The van der Waals surface area contributed by atoms with Gasteiger partial charge in [0.25, 0.3) is 0 Å². The van der Waals surface area contributed by atoms with E-state index in [1.807, 2.05) is 92.7 Å². The van der Waals surface area contributed by atoms with Gasteiger partial charge >= 0.3 is 0 Å². The molecule has 0 amide bonds. The van der Waals surface area contributed by atoms with Gasteiger partial charge in [0.2, 0.25) is 11.8 Å². The molecule has 5 rings (SSSR count). The van der Waals surface area contributed by atoms with Gasteiger partial charge in [-0.3, -0.25) is 0 Å². The Morgan fingerprint density at radius 3 is 1.37 bits per heavy atom. The number of rotatable bonds is 4. The fourth-order valence-electron chi connectivity index (χ4n) is 3.40. The van der Waals surface area contributed by atoms with E-state index in [0.29, 0.717) is 23.2 Å². The second kappa shape index (κ2) is 7.44. The zero-order valence-electron chi connectivity index (χ0n) is 16.7. The first-order valence-corrected chi connectivity index (χ1v) is 9.72. The molecule has 5 aromatic rings. The van der Waals surface area contributed by atoms with Gasteiger partial charge in [0.15, 0.2) is 11.5 Å². The molecule has 0 fully saturated rings. The molecule has 0 N–H and O–H groups in total. The minimum absolute atomic E-state index is 0.472. The minimum Gasteiger partial charge on any atom is -0.434 e. The topological polar surface area (TPSA) is 65.0 Å². The molecular formula is C25H19N3O2. The van der Waals surface area contributed by atoms with E-state index in [1.165, 1.54) is 0 Å². The number of nitrogens with zero attached hydrogens (tertiary/aromatic N) is 3. The van der Waals surface area contributed by atoms with Crippen LogP contribution in [0.4, 0.5) is 0 Å². The monoisotopic (exact) mass is 393 g/mol. The van der Waals surface area contributed by atoms with Crippen LogP contribution in [0.1, 0.15) is 11.4 Å². The van der Waals surface area contributed by atoms with Gasteiger partial charge in [0, 0.05) is 11.1 Å². The molecule has 0 aliphatic rings. The molecular weight excluding hydrogens is 374 g/mol. The number of hydrogen-bond acceptors (Lipinski definition) is 5. The number of aryl methyl sites for hydroxylation is 2. The van der Waals surface area contributed by atoms with Crippen LogP contribution in [0.25, 0.3) is 45.8 Å². The molecule has 0 bridgehead atoms. The third-order valence-corrected chi connectivity index (χ3v) is 4.85. The van der Waals surface area contributed by atoms with Crippen molar-refractivity contribution < 1.29 is 8.83 Å². The zero-order chi connectivity index (χ0) is 20.5.